The molecule has 0 aliphatic heterocycles. The van der Waals surface area contributed by atoms with Gasteiger partial charge in [-0.1, -0.05) is 53.4 Å². The number of amides is 1. The number of carbonyl (C=O) groups excluding carboxylic acids is 1. The number of halogens is 1. The van der Waals surface area contributed by atoms with Crippen LogP contribution in [0.1, 0.15) is 48.9 Å². The summed E-state index contributed by atoms with van der Waals surface area (Å²) in [4.78, 5) is 25.1. The molecule has 5 nitrogen and oxygen atoms in total. The third-order valence-electron chi connectivity index (χ3n) is 4.65. The van der Waals surface area contributed by atoms with Crippen LogP contribution >= 0.6 is 27.7 Å². The van der Waals surface area contributed by atoms with Gasteiger partial charge in [-0.25, -0.2) is 0 Å². The van der Waals surface area contributed by atoms with Crippen LogP contribution in [0.5, 0.6) is 0 Å². The number of nitrogens with one attached hydrogen (secondary N) is 1. The lowest BCUT2D eigenvalue weighted by atomic mass is 10.1. The number of carbonyl (C=O) groups is 1. The van der Waals surface area contributed by atoms with Crippen molar-refractivity contribution in [1.29, 1.82) is 0 Å². The largest absolute Gasteiger partial charge is 0.349 e. The number of hydrogen-bond donors (Lipinski definition) is 1. The van der Waals surface area contributed by atoms with Crippen LogP contribution < -0.4 is 5.32 Å². The van der Waals surface area contributed by atoms with Gasteiger partial charge in [0, 0.05) is 27.0 Å². The normalized spacial score (nSPS) is 15.1. The maximum Gasteiger partial charge on any atom is 0.284 e. The summed E-state index contributed by atoms with van der Waals surface area (Å²) in [6, 6.07) is 12.4. The van der Waals surface area contributed by atoms with E-state index in [1.165, 1.54) is 30.7 Å². The van der Waals surface area contributed by atoms with Crippen molar-refractivity contribution in [2.45, 2.75) is 54.4 Å². The van der Waals surface area contributed by atoms with Gasteiger partial charge in [-0.15, -0.1) is 0 Å². The second-order valence-electron chi connectivity index (χ2n) is 6.66. The zero-order valence-electron chi connectivity index (χ0n) is 14.8. The fourth-order valence-corrected chi connectivity index (χ4v) is 4.37. The van der Waals surface area contributed by atoms with Gasteiger partial charge in [0.05, 0.1) is 9.82 Å². The second kappa shape index (κ2) is 9.37. The molecular weight excluding hydrogens is 428 g/mol. The summed E-state index contributed by atoms with van der Waals surface area (Å²) in [7, 11) is 0. The molecule has 27 heavy (non-hydrogen) atoms. The Kier molecular flexibility index (Phi) is 6.90. The lowest BCUT2D eigenvalue weighted by molar-refractivity contribution is -0.387. The van der Waals surface area contributed by atoms with Crippen molar-refractivity contribution in [2.75, 3.05) is 0 Å². The molecule has 1 aliphatic carbocycles. The second-order valence-corrected chi connectivity index (χ2v) is 8.69. The number of nitrogens with zero attached hydrogens (tertiary/aromatic N) is 1. The van der Waals surface area contributed by atoms with E-state index < -0.39 is 4.92 Å². The van der Waals surface area contributed by atoms with Crippen LogP contribution in [-0.2, 0) is 0 Å². The van der Waals surface area contributed by atoms with E-state index in [9.17, 15) is 14.9 Å². The van der Waals surface area contributed by atoms with Gasteiger partial charge in [-0.2, -0.15) is 0 Å². The summed E-state index contributed by atoms with van der Waals surface area (Å²) >= 11 is 4.69. The van der Waals surface area contributed by atoms with Crippen LogP contribution in [0.4, 0.5) is 5.69 Å². The van der Waals surface area contributed by atoms with Crippen LogP contribution in [0.15, 0.2) is 56.7 Å². The predicted octanol–water partition coefficient (Wildman–Crippen LogP) is 5.96. The molecule has 0 heterocycles. The monoisotopic (exact) mass is 448 g/mol. The summed E-state index contributed by atoms with van der Waals surface area (Å²) in [5.41, 5.74) is 0.294. The number of nitro groups is 1. The molecule has 2 aromatic carbocycles. The van der Waals surface area contributed by atoms with Crippen LogP contribution in [-0.4, -0.2) is 16.9 Å². The van der Waals surface area contributed by atoms with E-state index in [1.807, 2.05) is 24.3 Å². The maximum absolute atomic E-state index is 12.6. The van der Waals surface area contributed by atoms with Crippen LogP contribution in [0.2, 0.25) is 0 Å². The van der Waals surface area contributed by atoms with Gasteiger partial charge >= 0.3 is 0 Å². The standard InChI is InChI=1S/C20H21BrN2O3S/c21-15-8-10-17(11-9-15)27-19-12-7-14(13-18(19)23(25)26)20(24)22-16-5-3-1-2-4-6-16/h7-13,16H,1-6H2,(H,22,24). The Balaban J connectivity index is 1.77. The Labute approximate surface area is 171 Å². The van der Waals surface area contributed by atoms with Gasteiger partial charge in [0.1, 0.15) is 0 Å². The third-order valence-corrected chi connectivity index (χ3v) is 6.25. The minimum absolute atomic E-state index is 0.0450. The van der Waals surface area contributed by atoms with E-state index in [2.05, 4.69) is 21.2 Å². The molecule has 1 amide bonds. The summed E-state index contributed by atoms with van der Waals surface area (Å²) in [6.07, 6.45) is 6.61. The first kappa shape index (κ1) is 19.9. The van der Waals surface area contributed by atoms with Crippen molar-refractivity contribution >= 4 is 39.3 Å². The Morgan fingerprint density at radius 3 is 2.37 bits per heavy atom. The molecule has 0 bridgehead atoms. The zero-order valence-corrected chi connectivity index (χ0v) is 17.2. The van der Waals surface area contributed by atoms with Gasteiger partial charge in [-0.3, -0.25) is 14.9 Å². The van der Waals surface area contributed by atoms with Gasteiger partial charge < -0.3 is 5.32 Å². The van der Waals surface area contributed by atoms with Crippen molar-refractivity contribution in [2.24, 2.45) is 0 Å². The first-order valence-corrected chi connectivity index (χ1v) is 10.7. The van der Waals surface area contributed by atoms with Crippen LogP contribution in [0, 0.1) is 10.1 Å². The molecule has 1 saturated carbocycles. The smallest absolute Gasteiger partial charge is 0.284 e. The van der Waals surface area contributed by atoms with Gasteiger partial charge in [0.15, 0.2) is 0 Å². The highest BCUT2D eigenvalue weighted by molar-refractivity contribution is 9.10. The fourth-order valence-electron chi connectivity index (χ4n) is 3.21. The highest BCUT2D eigenvalue weighted by atomic mass is 79.9. The maximum atomic E-state index is 12.6. The van der Waals surface area contributed by atoms with E-state index in [-0.39, 0.29) is 17.6 Å². The molecule has 142 valence electrons. The Morgan fingerprint density at radius 1 is 1.07 bits per heavy atom. The van der Waals surface area contributed by atoms with E-state index in [0.717, 1.165) is 35.1 Å². The molecule has 3 rings (SSSR count). The number of rotatable bonds is 5. The van der Waals surface area contributed by atoms with Crippen molar-refractivity contribution in [1.82, 2.24) is 5.32 Å². The molecular formula is C20H21BrN2O3S. The quantitative estimate of drug-likeness (QED) is 0.347. The minimum atomic E-state index is -0.427. The summed E-state index contributed by atoms with van der Waals surface area (Å²) in [6.45, 7) is 0. The van der Waals surface area contributed by atoms with Gasteiger partial charge in [0.2, 0.25) is 0 Å². The lowest BCUT2D eigenvalue weighted by Gasteiger charge is -2.16. The van der Waals surface area contributed by atoms with Crippen molar-refractivity contribution in [3.05, 3.63) is 62.6 Å². The molecule has 0 atom stereocenters. The van der Waals surface area contributed by atoms with Crippen LogP contribution in [0.25, 0.3) is 0 Å². The van der Waals surface area contributed by atoms with Crippen molar-refractivity contribution in [3.63, 3.8) is 0 Å². The highest BCUT2D eigenvalue weighted by Gasteiger charge is 2.21. The highest BCUT2D eigenvalue weighted by Crippen LogP contribution is 2.35. The molecule has 1 aliphatic rings. The van der Waals surface area contributed by atoms with Crippen molar-refractivity contribution in [3.8, 4) is 0 Å². The summed E-state index contributed by atoms with van der Waals surface area (Å²) in [5, 5.41) is 14.6. The average Bonchev–Trinajstić information content (AvgIpc) is 2.92. The molecule has 7 heteroatoms. The average molecular weight is 449 g/mol. The SMILES string of the molecule is O=C(NC1CCCCCC1)c1ccc(Sc2ccc(Br)cc2)c([N+](=O)[O-])c1. The predicted molar refractivity (Wildman–Crippen MR) is 110 cm³/mol. The summed E-state index contributed by atoms with van der Waals surface area (Å²) in [5.74, 6) is -0.231. The zero-order chi connectivity index (χ0) is 19.2. The van der Waals surface area contributed by atoms with Crippen molar-refractivity contribution < 1.29 is 9.72 Å². The van der Waals surface area contributed by atoms with Gasteiger partial charge in [0.25, 0.3) is 11.6 Å². The first-order valence-electron chi connectivity index (χ1n) is 9.05. The molecule has 0 spiro atoms. The topological polar surface area (TPSA) is 72.2 Å². The van der Waals surface area contributed by atoms with E-state index in [1.54, 1.807) is 12.1 Å². The number of hydrogen-bond acceptors (Lipinski definition) is 4. The number of nitro benzene ring substituents is 1. The van der Waals surface area contributed by atoms with E-state index in [0.29, 0.717) is 10.5 Å². The third kappa shape index (κ3) is 5.56. The Morgan fingerprint density at radius 2 is 1.74 bits per heavy atom. The van der Waals surface area contributed by atoms with Gasteiger partial charge in [-0.05, 0) is 49.2 Å². The number of benzene rings is 2. The minimum Gasteiger partial charge on any atom is -0.349 e. The Bertz CT molecular complexity index is 818. The molecule has 0 saturated heterocycles. The van der Waals surface area contributed by atoms with Crippen LogP contribution in [0.3, 0.4) is 0 Å². The Hall–Kier alpha value is -1.86. The fraction of sp³-hybridized carbons (Fsp3) is 0.350. The van der Waals surface area contributed by atoms with E-state index >= 15 is 0 Å². The lowest BCUT2D eigenvalue weighted by Crippen LogP contribution is -2.34. The first-order chi connectivity index (χ1) is 13.0. The molecule has 1 N–H and O–H groups in total. The molecule has 2 aromatic rings. The molecule has 0 unspecified atom stereocenters. The summed E-state index contributed by atoms with van der Waals surface area (Å²) < 4.78 is 0.951. The molecule has 0 aromatic heterocycles. The molecule has 1 fully saturated rings. The van der Waals surface area contributed by atoms with E-state index in [4.69, 9.17) is 0 Å². The molecule has 0 radical (unpaired) electrons.